The van der Waals surface area contributed by atoms with Crippen LogP contribution in [-0.4, -0.2) is 22.0 Å². The maximum Gasteiger partial charge on any atom is 0.126 e. The van der Waals surface area contributed by atoms with Crippen LogP contribution in [0.5, 0.6) is 5.75 Å². The summed E-state index contributed by atoms with van der Waals surface area (Å²) >= 11 is 6.85. The normalized spacial score (nSPS) is 12.4. The number of aliphatic hydroxyl groups is 1. The second-order valence-electron chi connectivity index (χ2n) is 4.39. The molecule has 4 nitrogen and oxygen atoms in total. The summed E-state index contributed by atoms with van der Waals surface area (Å²) in [5.41, 5.74) is 1.46. The smallest absolute Gasteiger partial charge is 0.126 e. The number of halogens is 2. The Kier molecular flexibility index (Phi) is 5.23. The molecular formula is C14H16Br2N2O2. The maximum absolute atomic E-state index is 10.7. The van der Waals surface area contributed by atoms with Crippen molar-refractivity contribution in [2.24, 2.45) is 0 Å². The molecule has 108 valence electrons. The van der Waals surface area contributed by atoms with Crippen LogP contribution in [0, 0.1) is 0 Å². The largest absolute Gasteiger partial charge is 0.496 e. The van der Waals surface area contributed by atoms with E-state index in [1.807, 2.05) is 22.9 Å². The molecule has 0 fully saturated rings. The maximum atomic E-state index is 10.7. The molecule has 1 N–H and O–H groups in total. The lowest BCUT2D eigenvalue weighted by molar-refractivity contribution is 0.201. The second kappa shape index (κ2) is 6.74. The zero-order valence-electron chi connectivity index (χ0n) is 11.3. The zero-order chi connectivity index (χ0) is 14.7. The molecular weight excluding hydrogens is 388 g/mol. The molecule has 0 saturated heterocycles. The van der Waals surface area contributed by atoms with Crippen molar-refractivity contribution < 1.29 is 9.84 Å². The number of aliphatic hydroxyl groups excluding tert-OH is 1. The molecule has 1 atom stereocenters. The Morgan fingerprint density at radius 2 is 2.15 bits per heavy atom. The molecule has 0 bridgehead atoms. The van der Waals surface area contributed by atoms with E-state index >= 15 is 0 Å². The molecule has 0 aliphatic rings. The molecule has 0 amide bonds. The summed E-state index contributed by atoms with van der Waals surface area (Å²) in [7, 11) is 1.59. The number of benzene rings is 1. The number of hydrogen-bond acceptors (Lipinski definition) is 3. The fraction of sp³-hybridized carbons (Fsp3) is 0.357. The highest BCUT2D eigenvalue weighted by molar-refractivity contribution is 9.10. The van der Waals surface area contributed by atoms with Gasteiger partial charge in [0.2, 0.25) is 0 Å². The van der Waals surface area contributed by atoms with E-state index in [4.69, 9.17) is 4.74 Å². The number of methoxy groups -OCH3 is 1. The molecule has 1 heterocycles. The van der Waals surface area contributed by atoms with Crippen LogP contribution in [0.1, 0.15) is 30.7 Å². The Labute approximate surface area is 135 Å². The number of aryl methyl sites for hydroxylation is 1. The fourth-order valence-electron chi connectivity index (χ4n) is 2.09. The third-order valence-corrected chi connectivity index (χ3v) is 4.12. The standard InChI is InChI=1S/C14H16Br2N2O2/c1-3-6-18-13(11(16)8-17-18)14(19)10-5-4-9(15)7-12(10)20-2/h4-5,7-8,14,19H,3,6H2,1-2H3. The second-order valence-corrected chi connectivity index (χ2v) is 6.16. The van der Waals surface area contributed by atoms with Gasteiger partial charge < -0.3 is 9.84 Å². The SMILES string of the molecule is CCCn1ncc(Br)c1C(O)c1ccc(Br)cc1OC. The van der Waals surface area contributed by atoms with E-state index in [2.05, 4.69) is 43.9 Å². The Morgan fingerprint density at radius 3 is 2.80 bits per heavy atom. The summed E-state index contributed by atoms with van der Waals surface area (Å²) in [6.07, 6.45) is 1.87. The van der Waals surface area contributed by atoms with Crippen molar-refractivity contribution in [3.63, 3.8) is 0 Å². The summed E-state index contributed by atoms with van der Waals surface area (Å²) in [6.45, 7) is 2.84. The summed E-state index contributed by atoms with van der Waals surface area (Å²) in [6, 6.07) is 5.58. The zero-order valence-corrected chi connectivity index (χ0v) is 14.5. The molecule has 2 rings (SSSR count). The van der Waals surface area contributed by atoms with E-state index in [0.717, 1.165) is 27.6 Å². The van der Waals surface area contributed by atoms with E-state index < -0.39 is 6.10 Å². The van der Waals surface area contributed by atoms with Crippen LogP contribution >= 0.6 is 31.9 Å². The minimum atomic E-state index is -0.790. The van der Waals surface area contributed by atoms with Gasteiger partial charge in [-0.25, -0.2) is 0 Å². The van der Waals surface area contributed by atoms with Gasteiger partial charge in [0.25, 0.3) is 0 Å². The molecule has 1 aromatic carbocycles. The summed E-state index contributed by atoms with van der Waals surface area (Å²) in [5, 5.41) is 15.0. The molecule has 0 spiro atoms. The number of nitrogens with zero attached hydrogens (tertiary/aromatic N) is 2. The third-order valence-electron chi connectivity index (χ3n) is 3.02. The van der Waals surface area contributed by atoms with E-state index in [0.29, 0.717) is 11.3 Å². The van der Waals surface area contributed by atoms with E-state index in [1.54, 1.807) is 13.3 Å². The molecule has 1 unspecified atom stereocenters. The van der Waals surface area contributed by atoms with Crippen LogP contribution in [0.15, 0.2) is 33.3 Å². The molecule has 20 heavy (non-hydrogen) atoms. The number of ether oxygens (including phenoxy) is 1. The van der Waals surface area contributed by atoms with Gasteiger partial charge in [-0.15, -0.1) is 0 Å². The Bertz CT molecular complexity index is 599. The van der Waals surface area contributed by atoms with Crippen molar-refractivity contribution in [1.82, 2.24) is 9.78 Å². The highest BCUT2D eigenvalue weighted by Crippen LogP contribution is 2.35. The van der Waals surface area contributed by atoms with Gasteiger partial charge in [-0.1, -0.05) is 28.9 Å². The predicted molar refractivity (Wildman–Crippen MR) is 85.0 cm³/mol. The summed E-state index contributed by atoms with van der Waals surface area (Å²) < 4.78 is 8.87. The van der Waals surface area contributed by atoms with Crippen LogP contribution in [-0.2, 0) is 6.54 Å². The molecule has 0 aliphatic heterocycles. The van der Waals surface area contributed by atoms with Crippen molar-refractivity contribution in [3.8, 4) is 5.75 Å². The predicted octanol–water partition coefficient (Wildman–Crippen LogP) is 3.91. The van der Waals surface area contributed by atoms with Gasteiger partial charge in [0.1, 0.15) is 11.9 Å². The van der Waals surface area contributed by atoms with Gasteiger partial charge in [-0.05, 0) is 34.5 Å². The Hall–Kier alpha value is -0.850. The van der Waals surface area contributed by atoms with Crippen LogP contribution in [0.25, 0.3) is 0 Å². The van der Waals surface area contributed by atoms with Crippen LogP contribution in [0.4, 0.5) is 0 Å². The lowest BCUT2D eigenvalue weighted by Gasteiger charge is -2.17. The topological polar surface area (TPSA) is 47.3 Å². The average molecular weight is 404 g/mol. The van der Waals surface area contributed by atoms with Gasteiger partial charge in [0.05, 0.1) is 23.5 Å². The molecule has 0 aliphatic carbocycles. The van der Waals surface area contributed by atoms with Crippen LogP contribution in [0.3, 0.4) is 0 Å². The van der Waals surface area contributed by atoms with Crippen LogP contribution in [0.2, 0.25) is 0 Å². The van der Waals surface area contributed by atoms with Gasteiger partial charge in [0.15, 0.2) is 0 Å². The molecule has 1 aromatic heterocycles. The van der Waals surface area contributed by atoms with E-state index in [9.17, 15) is 5.11 Å². The van der Waals surface area contributed by atoms with Gasteiger partial charge in [-0.3, -0.25) is 4.68 Å². The van der Waals surface area contributed by atoms with Gasteiger partial charge >= 0.3 is 0 Å². The van der Waals surface area contributed by atoms with Gasteiger partial charge in [0, 0.05) is 16.6 Å². The lowest BCUT2D eigenvalue weighted by Crippen LogP contribution is -2.11. The first-order valence-corrected chi connectivity index (χ1v) is 7.89. The Balaban J connectivity index is 2.45. The minimum absolute atomic E-state index is 0.642. The lowest BCUT2D eigenvalue weighted by atomic mass is 10.1. The third kappa shape index (κ3) is 3.07. The van der Waals surface area contributed by atoms with Crippen molar-refractivity contribution in [2.75, 3.05) is 7.11 Å². The number of rotatable bonds is 5. The van der Waals surface area contributed by atoms with Crippen LogP contribution < -0.4 is 4.74 Å². The van der Waals surface area contributed by atoms with E-state index in [1.165, 1.54) is 0 Å². The highest BCUT2D eigenvalue weighted by atomic mass is 79.9. The summed E-state index contributed by atoms with van der Waals surface area (Å²) in [5.74, 6) is 0.642. The molecule has 6 heteroatoms. The van der Waals surface area contributed by atoms with Gasteiger partial charge in [-0.2, -0.15) is 5.10 Å². The summed E-state index contributed by atoms with van der Waals surface area (Å²) in [4.78, 5) is 0. The number of aromatic nitrogens is 2. The van der Waals surface area contributed by atoms with Crippen molar-refractivity contribution >= 4 is 31.9 Å². The van der Waals surface area contributed by atoms with Crippen molar-refractivity contribution in [2.45, 2.75) is 26.0 Å². The van der Waals surface area contributed by atoms with Crippen molar-refractivity contribution in [1.29, 1.82) is 0 Å². The minimum Gasteiger partial charge on any atom is -0.496 e. The number of hydrogen-bond donors (Lipinski definition) is 1. The fourth-order valence-corrected chi connectivity index (χ4v) is 2.95. The quantitative estimate of drug-likeness (QED) is 0.823. The monoisotopic (exact) mass is 402 g/mol. The first-order valence-electron chi connectivity index (χ1n) is 6.31. The molecule has 2 aromatic rings. The first kappa shape index (κ1) is 15.5. The highest BCUT2D eigenvalue weighted by Gasteiger charge is 2.22. The first-order chi connectivity index (χ1) is 9.58. The molecule has 0 radical (unpaired) electrons. The van der Waals surface area contributed by atoms with Crippen molar-refractivity contribution in [3.05, 3.63) is 44.6 Å². The average Bonchev–Trinajstić information content (AvgIpc) is 2.79. The Morgan fingerprint density at radius 1 is 1.40 bits per heavy atom. The van der Waals surface area contributed by atoms with E-state index in [-0.39, 0.29) is 0 Å². The molecule has 0 saturated carbocycles.